The van der Waals surface area contributed by atoms with Gasteiger partial charge in [-0.1, -0.05) is 6.42 Å². The maximum Gasteiger partial charge on any atom is 0.0701 e. The van der Waals surface area contributed by atoms with Crippen molar-refractivity contribution in [1.82, 2.24) is 4.90 Å². The molecule has 17 heavy (non-hydrogen) atoms. The van der Waals surface area contributed by atoms with Crippen LogP contribution in [0.3, 0.4) is 0 Å². The van der Waals surface area contributed by atoms with Crippen LogP contribution in [0.1, 0.15) is 44.9 Å². The fourth-order valence-electron chi connectivity index (χ4n) is 3.13. The minimum absolute atomic E-state index is 0.0330. The number of hydrogen-bond acceptors (Lipinski definition) is 3. The Bertz CT molecular complexity index is 216. The summed E-state index contributed by atoms with van der Waals surface area (Å²) in [6.45, 7) is 3.10. The third-order valence-electron chi connectivity index (χ3n) is 4.29. The molecule has 100 valence electrons. The SMILES string of the molecule is CN(CCC1CCCC1O)CC1CCCCO1. The van der Waals surface area contributed by atoms with Crippen LogP contribution >= 0.6 is 0 Å². The molecule has 3 heteroatoms. The molecule has 3 nitrogen and oxygen atoms in total. The maximum atomic E-state index is 9.78. The molecule has 0 spiro atoms. The number of ether oxygens (including phenoxy) is 1. The van der Waals surface area contributed by atoms with Gasteiger partial charge in [0.2, 0.25) is 0 Å². The average Bonchev–Trinajstić information content (AvgIpc) is 2.74. The maximum absolute atomic E-state index is 9.78. The molecule has 1 aliphatic heterocycles. The Hall–Kier alpha value is -0.120. The molecule has 0 aromatic heterocycles. The third-order valence-corrected chi connectivity index (χ3v) is 4.29. The Labute approximate surface area is 105 Å². The Balaban J connectivity index is 1.61. The minimum Gasteiger partial charge on any atom is -0.393 e. The van der Waals surface area contributed by atoms with Crippen molar-refractivity contribution in [2.75, 3.05) is 26.7 Å². The molecule has 1 aliphatic carbocycles. The van der Waals surface area contributed by atoms with Crippen LogP contribution in [0.5, 0.6) is 0 Å². The van der Waals surface area contributed by atoms with E-state index in [-0.39, 0.29) is 6.10 Å². The van der Waals surface area contributed by atoms with E-state index in [2.05, 4.69) is 11.9 Å². The normalized spacial score (nSPS) is 34.4. The number of likely N-dealkylation sites (N-methyl/N-ethyl adjacent to an activating group) is 1. The van der Waals surface area contributed by atoms with Crippen LogP contribution in [0.15, 0.2) is 0 Å². The molecule has 1 saturated carbocycles. The van der Waals surface area contributed by atoms with Crippen LogP contribution in [-0.2, 0) is 4.74 Å². The van der Waals surface area contributed by atoms with Crippen molar-refractivity contribution < 1.29 is 9.84 Å². The summed E-state index contributed by atoms with van der Waals surface area (Å²) in [5.74, 6) is 0.546. The molecule has 0 bridgehead atoms. The zero-order valence-corrected chi connectivity index (χ0v) is 11.1. The van der Waals surface area contributed by atoms with Gasteiger partial charge in [-0.25, -0.2) is 0 Å². The molecule has 1 heterocycles. The lowest BCUT2D eigenvalue weighted by atomic mass is 10.0. The number of aliphatic hydroxyl groups excluding tert-OH is 1. The summed E-state index contributed by atoms with van der Waals surface area (Å²) in [5, 5.41) is 9.78. The minimum atomic E-state index is -0.0330. The van der Waals surface area contributed by atoms with Gasteiger partial charge in [-0.15, -0.1) is 0 Å². The van der Waals surface area contributed by atoms with Gasteiger partial charge in [0.05, 0.1) is 12.2 Å². The summed E-state index contributed by atoms with van der Waals surface area (Å²) in [4.78, 5) is 2.38. The first kappa shape index (κ1) is 13.3. The van der Waals surface area contributed by atoms with Crippen molar-refractivity contribution in [3.05, 3.63) is 0 Å². The van der Waals surface area contributed by atoms with E-state index in [0.29, 0.717) is 12.0 Å². The van der Waals surface area contributed by atoms with Gasteiger partial charge in [-0.05, 0) is 58.0 Å². The van der Waals surface area contributed by atoms with Crippen LogP contribution in [-0.4, -0.2) is 49.0 Å². The highest BCUT2D eigenvalue weighted by atomic mass is 16.5. The summed E-state index contributed by atoms with van der Waals surface area (Å²) >= 11 is 0. The van der Waals surface area contributed by atoms with Gasteiger partial charge in [-0.2, -0.15) is 0 Å². The molecule has 2 rings (SSSR count). The Morgan fingerprint density at radius 2 is 2.06 bits per heavy atom. The topological polar surface area (TPSA) is 32.7 Å². The van der Waals surface area contributed by atoms with Crippen LogP contribution < -0.4 is 0 Å². The second-order valence-corrected chi connectivity index (χ2v) is 5.80. The summed E-state index contributed by atoms with van der Waals surface area (Å²) in [5.41, 5.74) is 0. The van der Waals surface area contributed by atoms with E-state index in [1.54, 1.807) is 0 Å². The van der Waals surface area contributed by atoms with Gasteiger partial charge in [0.15, 0.2) is 0 Å². The largest absolute Gasteiger partial charge is 0.393 e. The molecule has 2 aliphatic rings. The molecule has 2 fully saturated rings. The highest BCUT2D eigenvalue weighted by Gasteiger charge is 2.25. The van der Waals surface area contributed by atoms with E-state index in [1.807, 2.05) is 0 Å². The summed E-state index contributed by atoms with van der Waals surface area (Å²) < 4.78 is 5.75. The molecule has 0 radical (unpaired) electrons. The Morgan fingerprint density at radius 1 is 1.18 bits per heavy atom. The molecule has 3 unspecified atom stereocenters. The predicted molar refractivity (Wildman–Crippen MR) is 69.1 cm³/mol. The fraction of sp³-hybridized carbons (Fsp3) is 1.00. The van der Waals surface area contributed by atoms with Crippen molar-refractivity contribution in [3.8, 4) is 0 Å². The van der Waals surface area contributed by atoms with Gasteiger partial charge in [-0.3, -0.25) is 0 Å². The summed E-state index contributed by atoms with van der Waals surface area (Å²) in [7, 11) is 2.18. The third kappa shape index (κ3) is 4.23. The first-order valence-corrected chi connectivity index (χ1v) is 7.24. The summed E-state index contributed by atoms with van der Waals surface area (Å²) in [6, 6.07) is 0. The van der Waals surface area contributed by atoms with Crippen LogP contribution in [0.25, 0.3) is 0 Å². The molecule has 1 N–H and O–H groups in total. The second kappa shape index (κ2) is 6.72. The standard InChI is InChI=1S/C14H27NO2/c1-15(11-13-6-2-3-10-17-13)9-8-12-5-4-7-14(12)16/h12-14,16H,2-11H2,1H3. The monoisotopic (exact) mass is 241 g/mol. The van der Waals surface area contributed by atoms with Crippen molar-refractivity contribution in [1.29, 1.82) is 0 Å². The lowest BCUT2D eigenvalue weighted by Gasteiger charge is -2.28. The van der Waals surface area contributed by atoms with Crippen LogP contribution in [0.2, 0.25) is 0 Å². The lowest BCUT2D eigenvalue weighted by Crippen LogP contribution is -2.34. The van der Waals surface area contributed by atoms with Gasteiger partial charge in [0.1, 0.15) is 0 Å². The highest BCUT2D eigenvalue weighted by Crippen LogP contribution is 2.28. The lowest BCUT2D eigenvalue weighted by molar-refractivity contribution is -0.00283. The predicted octanol–water partition coefficient (Wildman–Crippen LogP) is 2.04. The van der Waals surface area contributed by atoms with Gasteiger partial charge >= 0.3 is 0 Å². The van der Waals surface area contributed by atoms with Crippen molar-refractivity contribution >= 4 is 0 Å². The van der Waals surface area contributed by atoms with E-state index >= 15 is 0 Å². The summed E-state index contributed by atoms with van der Waals surface area (Å²) in [6.07, 6.45) is 8.77. The molecule has 0 amide bonds. The van der Waals surface area contributed by atoms with E-state index in [9.17, 15) is 5.11 Å². The van der Waals surface area contributed by atoms with E-state index in [4.69, 9.17) is 4.74 Å². The molecule has 0 aromatic carbocycles. The van der Waals surface area contributed by atoms with Gasteiger partial charge in [0.25, 0.3) is 0 Å². The van der Waals surface area contributed by atoms with Gasteiger partial charge < -0.3 is 14.7 Å². The Kier molecular flexibility index (Phi) is 5.26. The number of rotatable bonds is 5. The first-order chi connectivity index (χ1) is 8.25. The zero-order chi connectivity index (χ0) is 12.1. The number of aliphatic hydroxyl groups is 1. The molecule has 0 aromatic rings. The van der Waals surface area contributed by atoms with E-state index in [0.717, 1.165) is 32.5 Å². The number of nitrogens with zero attached hydrogens (tertiary/aromatic N) is 1. The van der Waals surface area contributed by atoms with Crippen LogP contribution in [0.4, 0.5) is 0 Å². The van der Waals surface area contributed by atoms with E-state index in [1.165, 1.54) is 32.1 Å². The first-order valence-electron chi connectivity index (χ1n) is 7.24. The highest BCUT2D eigenvalue weighted by molar-refractivity contribution is 4.77. The fourth-order valence-corrected chi connectivity index (χ4v) is 3.13. The average molecular weight is 241 g/mol. The van der Waals surface area contributed by atoms with Crippen LogP contribution in [0, 0.1) is 5.92 Å². The Morgan fingerprint density at radius 3 is 2.71 bits per heavy atom. The van der Waals surface area contributed by atoms with Gasteiger partial charge in [0, 0.05) is 13.2 Å². The molecule has 1 saturated heterocycles. The quantitative estimate of drug-likeness (QED) is 0.799. The van der Waals surface area contributed by atoms with E-state index < -0.39 is 0 Å². The van der Waals surface area contributed by atoms with Crippen molar-refractivity contribution in [2.24, 2.45) is 5.92 Å². The second-order valence-electron chi connectivity index (χ2n) is 5.80. The molecular weight excluding hydrogens is 214 g/mol. The zero-order valence-electron chi connectivity index (χ0n) is 11.1. The molecule has 3 atom stereocenters. The van der Waals surface area contributed by atoms with Crippen molar-refractivity contribution in [2.45, 2.75) is 57.2 Å². The number of hydrogen-bond donors (Lipinski definition) is 1. The van der Waals surface area contributed by atoms with Crippen molar-refractivity contribution in [3.63, 3.8) is 0 Å². The smallest absolute Gasteiger partial charge is 0.0701 e. The molecular formula is C14H27NO2.